The van der Waals surface area contributed by atoms with E-state index >= 15 is 0 Å². The summed E-state index contributed by atoms with van der Waals surface area (Å²) in [6, 6.07) is 4.46. The maximum atomic E-state index is 13.4. The van der Waals surface area contributed by atoms with Gasteiger partial charge in [0, 0.05) is 29.8 Å². The smallest absolute Gasteiger partial charge is 0.264 e. The van der Waals surface area contributed by atoms with Crippen molar-refractivity contribution in [2.45, 2.75) is 45.3 Å². The van der Waals surface area contributed by atoms with Gasteiger partial charge in [-0.1, -0.05) is 0 Å². The van der Waals surface area contributed by atoms with E-state index in [0.717, 1.165) is 41.9 Å². The van der Waals surface area contributed by atoms with Crippen LogP contribution in [-0.4, -0.2) is 33.7 Å². The highest BCUT2D eigenvalue weighted by molar-refractivity contribution is 5.83. The molecule has 1 saturated heterocycles. The molecule has 3 heterocycles. The van der Waals surface area contributed by atoms with Crippen LogP contribution in [-0.2, 0) is 11.2 Å². The van der Waals surface area contributed by atoms with Crippen LogP contribution in [0.25, 0.3) is 0 Å². The highest BCUT2D eigenvalue weighted by atomic mass is 19.1. The number of rotatable bonds is 2. The highest BCUT2D eigenvalue weighted by Gasteiger charge is 2.39. The van der Waals surface area contributed by atoms with Gasteiger partial charge in [-0.25, -0.2) is 4.39 Å². The molecule has 24 heavy (non-hydrogen) atoms. The second-order valence-corrected chi connectivity index (χ2v) is 6.60. The van der Waals surface area contributed by atoms with Crippen LogP contribution in [0.3, 0.4) is 0 Å². The molecule has 2 aliphatic rings. The number of amides is 1. The number of likely N-dealkylation sites (tertiary alicyclic amines) is 1. The Bertz CT molecular complexity index is 782. The van der Waals surface area contributed by atoms with Crippen LogP contribution >= 0.6 is 0 Å². The monoisotopic (exact) mass is 329 g/mol. The van der Waals surface area contributed by atoms with Crippen molar-refractivity contribution in [1.82, 2.24) is 15.1 Å². The molecule has 1 aromatic heterocycles. The molecule has 2 aromatic rings. The molecule has 2 aliphatic heterocycles. The summed E-state index contributed by atoms with van der Waals surface area (Å²) in [5, 5.41) is 7.26. The fourth-order valence-electron chi connectivity index (χ4n) is 3.92. The lowest BCUT2D eigenvalue weighted by Gasteiger charge is -2.27. The molecule has 0 spiro atoms. The van der Waals surface area contributed by atoms with E-state index in [2.05, 4.69) is 10.2 Å². The fourth-order valence-corrected chi connectivity index (χ4v) is 3.92. The second-order valence-electron chi connectivity index (χ2n) is 6.60. The van der Waals surface area contributed by atoms with Gasteiger partial charge in [0.25, 0.3) is 5.91 Å². The third-order valence-electron chi connectivity index (χ3n) is 5.03. The normalized spacial score (nSPS) is 22.5. The Morgan fingerprint density at radius 1 is 1.42 bits per heavy atom. The van der Waals surface area contributed by atoms with E-state index in [0.29, 0.717) is 12.2 Å². The number of benzene rings is 1. The van der Waals surface area contributed by atoms with Crippen molar-refractivity contribution in [3.63, 3.8) is 0 Å². The largest absolute Gasteiger partial charge is 0.480 e. The summed E-state index contributed by atoms with van der Waals surface area (Å²) in [7, 11) is 0. The van der Waals surface area contributed by atoms with Gasteiger partial charge in [-0.15, -0.1) is 0 Å². The highest BCUT2D eigenvalue weighted by Crippen LogP contribution is 2.37. The van der Waals surface area contributed by atoms with E-state index < -0.39 is 6.10 Å². The molecule has 1 aromatic carbocycles. The zero-order valence-electron chi connectivity index (χ0n) is 13.8. The van der Waals surface area contributed by atoms with Crippen molar-refractivity contribution < 1.29 is 13.9 Å². The van der Waals surface area contributed by atoms with Crippen molar-refractivity contribution in [2.24, 2.45) is 0 Å². The van der Waals surface area contributed by atoms with Crippen molar-refractivity contribution in [2.75, 3.05) is 6.54 Å². The van der Waals surface area contributed by atoms with E-state index in [9.17, 15) is 9.18 Å². The lowest BCUT2D eigenvalue weighted by atomic mass is 10.0. The van der Waals surface area contributed by atoms with Crippen LogP contribution in [0.15, 0.2) is 18.2 Å². The van der Waals surface area contributed by atoms with E-state index in [1.54, 1.807) is 6.07 Å². The second kappa shape index (κ2) is 5.61. The van der Waals surface area contributed by atoms with Crippen LogP contribution < -0.4 is 4.74 Å². The number of carbonyl (C=O) groups is 1. The maximum absolute atomic E-state index is 13.4. The molecule has 2 atom stereocenters. The van der Waals surface area contributed by atoms with E-state index in [-0.39, 0.29) is 17.8 Å². The fraction of sp³-hybridized carbons (Fsp3) is 0.444. The van der Waals surface area contributed by atoms with Gasteiger partial charge in [-0.3, -0.25) is 9.89 Å². The van der Waals surface area contributed by atoms with E-state index in [1.165, 1.54) is 12.1 Å². The molecule has 6 heteroatoms. The molecule has 0 saturated carbocycles. The minimum atomic E-state index is -0.560. The number of nitrogens with zero attached hydrogens (tertiary/aromatic N) is 2. The maximum Gasteiger partial charge on any atom is 0.264 e. The molecule has 4 rings (SSSR count). The number of ether oxygens (including phenoxy) is 1. The van der Waals surface area contributed by atoms with Gasteiger partial charge in [0.1, 0.15) is 11.6 Å². The van der Waals surface area contributed by atoms with Crippen LogP contribution in [0.1, 0.15) is 41.4 Å². The molecular weight excluding hydrogens is 309 g/mol. The lowest BCUT2D eigenvalue weighted by Crippen LogP contribution is -2.41. The number of hydrogen-bond acceptors (Lipinski definition) is 3. The number of nitrogens with one attached hydrogen (secondary N) is 1. The summed E-state index contributed by atoms with van der Waals surface area (Å²) < 4.78 is 19.1. The Hall–Kier alpha value is -2.37. The predicted octanol–water partition coefficient (Wildman–Crippen LogP) is 2.83. The average molecular weight is 329 g/mol. The van der Waals surface area contributed by atoms with Gasteiger partial charge in [0.05, 0.1) is 11.7 Å². The summed E-state index contributed by atoms with van der Waals surface area (Å²) in [6.07, 6.45) is 1.77. The van der Waals surface area contributed by atoms with Gasteiger partial charge in [-0.05, 0) is 44.9 Å². The molecule has 1 amide bonds. The van der Waals surface area contributed by atoms with E-state index in [4.69, 9.17) is 4.74 Å². The van der Waals surface area contributed by atoms with Crippen LogP contribution in [0.2, 0.25) is 0 Å². The number of carbonyl (C=O) groups excluding carboxylic acids is 1. The summed E-state index contributed by atoms with van der Waals surface area (Å²) in [5.41, 5.74) is 3.83. The van der Waals surface area contributed by atoms with Crippen molar-refractivity contribution in [3.8, 4) is 5.75 Å². The minimum absolute atomic E-state index is 0.0193. The van der Waals surface area contributed by atoms with Crippen molar-refractivity contribution in [1.29, 1.82) is 0 Å². The number of aromatic nitrogens is 2. The first-order valence-corrected chi connectivity index (χ1v) is 8.31. The summed E-state index contributed by atoms with van der Waals surface area (Å²) >= 11 is 0. The number of halogens is 1. The predicted molar refractivity (Wildman–Crippen MR) is 86.3 cm³/mol. The number of H-pyrrole nitrogens is 1. The summed E-state index contributed by atoms with van der Waals surface area (Å²) in [5.74, 6) is 0.296. The Balaban J connectivity index is 1.57. The molecule has 126 valence electrons. The van der Waals surface area contributed by atoms with Crippen LogP contribution in [0.5, 0.6) is 5.75 Å². The number of hydrogen-bond donors (Lipinski definition) is 1. The van der Waals surface area contributed by atoms with E-state index in [1.807, 2.05) is 18.7 Å². The summed E-state index contributed by atoms with van der Waals surface area (Å²) in [6.45, 7) is 4.67. The van der Waals surface area contributed by atoms with Crippen LogP contribution in [0.4, 0.5) is 4.39 Å². The quantitative estimate of drug-likeness (QED) is 0.922. The number of aryl methyl sites for hydroxylation is 2. The molecule has 0 bridgehead atoms. The SMILES string of the molecule is Cc1n[nH]c(C)c1[C@@H]1CCCN1C(=O)[C@H]1Cc2cc(F)ccc2O1. The molecule has 5 nitrogen and oxygen atoms in total. The lowest BCUT2D eigenvalue weighted by molar-refractivity contribution is -0.138. The topological polar surface area (TPSA) is 58.2 Å². The third kappa shape index (κ3) is 2.37. The molecular formula is C18H20FN3O2. The molecule has 0 unspecified atom stereocenters. The Morgan fingerprint density at radius 3 is 3.00 bits per heavy atom. The number of fused-ring (bicyclic) bond motifs is 1. The molecule has 0 aliphatic carbocycles. The van der Waals surface area contributed by atoms with Crippen molar-refractivity contribution >= 4 is 5.91 Å². The molecule has 0 radical (unpaired) electrons. The van der Waals surface area contributed by atoms with Gasteiger partial charge < -0.3 is 9.64 Å². The Morgan fingerprint density at radius 2 is 2.25 bits per heavy atom. The summed E-state index contributed by atoms with van der Waals surface area (Å²) in [4.78, 5) is 14.9. The first kappa shape index (κ1) is 15.2. The van der Waals surface area contributed by atoms with Crippen LogP contribution in [0, 0.1) is 19.7 Å². The Kier molecular flexibility index (Phi) is 3.55. The van der Waals surface area contributed by atoms with Gasteiger partial charge in [0.15, 0.2) is 6.10 Å². The zero-order valence-corrected chi connectivity index (χ0v) is 13.8. The first-order chi connectivity index (χ1) is 11.5. The van der Waals surface area contributed by atoms with Gasteiger partial charge in [0.2, 0.25) is 0 Å². The average Bonchev–Trinajstić information content (AvgIpc) is 3.25. The standard InChI is InChI=1S/C18H20FN3O2/c1-10-17(11(2)21-20-10)14-4-3-7-22(14)18(23)16-9-12-8-13(19)5-6-15(12)24-16/h5-6,8,14,16H,3-4,7,9H2,1-2H3,(H,20,21)/t14-,16+/m0/s1. The first-order valence-electron chi connectivity index (χ1n) is 8.31. The third-order valence-corrected chi connectivity index (χ3v) is 5.03. The zero-order chi connectivity index (χ0) is 16.8. The van der Waals surface area contributed by atoms with Gasteiger partial charge >= 0.3 is 0 Å². The molecule has 1 N–H and O–H groups in total. The minimum Gasteiger partial charge on any atom is -0.480 e. The van der Waals surface area contributed by atoms with Gasteiger partial charge in [-0.2, -0.15) is 5.10 Å². The van der Waals surface area contributed by atoms with Crippen molar-refractivity contribution in [3.05, 3.63) is 46.5 Å². The Labute approximate surface area is 139 Å². The number of aromatic amines is 1. The molecule has 1 fully saturated rings.